The molecule has 1 aliphatic rings. The van der Waals surface area contributed by atoms with Crippen LogP contribution in [0.2, 0.25) is 0 Å². The van der Waals surface area contributed by atoms with Crippen molar-refractivity contribution in [3.8, 4) is 0 Å². The lowest BCUT2D eigenvalue weighted by Crippen LogP contribution is -2.88. The summed E-state index contributed by atoms with van der Waals surface area (Å²) in [6, 6.07) is 0. The van der Waals surface area contributed by atoms with Gasteiger partial charge >= 0.3 is 29.6 Å². The number of nitrogens with one attached hydrogen (secondary N) is 1. The standard InChI is InChI=1S/C9H8F11NO/c1-3(2)22-9(21-20)7(16,17)5(12,13)4(10,11)6(14,15)8(9,18)19/h3,21H,1-2H3. The minimum Gasteiger partial charge on any atom is -0.345 e. The Morgan fingerprint density at radius 3 is 1.14 bits per heavy atom. The van der Waals surface area contributed by atoms with E-state index in [1.807, 2.05) is 0 Å². The fourth-order valence-electron chi connectivity index (χ4n) is 1.87. The lowest BCUT2D eigenvalue weighted by molar-refractivity contribution is -0.513. The van der Waals surface area contributed by atoms with Crippen molar-refractivity contribution in [1.82, 2.24) is 5.54 Å². The number of rotatable bonds is 3. The Kier molecular flexibility index (Phi) is 4.00. The van der Waals surface area contributed by atoms with Gasteiger partial charge in [-0.1, -0.05) is 0 Å². The zero-order chi connectivity index (χ0) is 18.0. The van der Waals surface area contributed by atoms with Gasteiger partial charge in [-0.15, -0.1) is 10.0 Å². The summed E-state index contributed by atoms with van der Waals surface area (Å²) < 4.78 is 149. The van der Waals surface area contributed by atoms with Crippen molar-refractivity contribution in [2.24, 2.45) is 0 Å². The topological polar surface area (TPSA) is 21.3 Å². The van der Waals surface area contributed by atoms with Crippen LogP contribution in [0.15, 0.2) is 0 Å². The fourth-order valence-corrected chi connectivity index (χ4v) is 1.87. The van der Waals surface area contributed by atoms with Gasteiger partial charge in [-0.05, 0) is 13.8 Å². The van der Waals surface area contributed by atoms with Crippen molar-refractivity contribution >= 4 is 0 Å². The SMILES string of the molecule is CC(C)OC1(NF)C(F)(F)C(F)(F)C(F)(F)C(F)(F)C1(F)F. The number of halogens is 11. The number of hydrogen-bond acceptors (Lipinski definition) is 2. The van der Waals surface area contributed by atoms with Crippen molar-refractivity contribution < 1.29 is 53.1 Å². The van der Waals surface area contributed by atoms with Crippen LogP contribution in [0.25, 0.3) is 0 Å². The predicted molar refractivity (Wildman–Crippen MR) is 47.9 cm³/mol. The lowest BCUT2D eigenvalue weighted by Gasteiger charge is -2.54. The van der Waals surface area contributed by atoms with E-state index in [4.69, 9.17) is 0 Å². The van der Waals surface area contributed by atoms with E-state index in [0.29, 0.717) is 13.8 Å². The molecule has 0 heterocycles. The summed E-state index contributed by atoms with van der Waals surface area (Å²) in [4.78, 5) is 0. The molecule has 0 unspecified atom stereocenters. The summed E-state index contributed by atoms with van der Waals surface area (Å²) in [6.07, 6.45) is -1.93. The first-order chi connectivity index (χ1) is 9.48. The molecule has 0 bridgehead atoms. The monoisotopic (exact) mass is 355 g/mol. The zero-order valence-corrected chi connectivity index (χ0v) is 10.6. The highest BCUT2D eigenvalue weighted by atomic mass is 19.4. The lowest BCUT2D eigenvalue weighted by atomic mass is 9.76. The summed E-state index contributed by atoms with van der Waals surface area (Å²) in [7, 11) is 0. The highest BCUT2D eigenvalue weighted by Crippen LogP contribution is 2.68. The fraction of sp³-hybridized carbons (Fsp3) is 1.00. The van der Waals surface area contributed by atoms with E-state index in [2.05, 4.69) is 4.74 Å². The Bertz CT molecular complexity index is 417. The van der Waals surface area contributed by atoms with E-state index in [1.54, 1.807) is 0 Å². The van der Waals surface area contributed by atoms with Crippen molar-refractivity contribution in [2.75, 3.05) is 0 Å². The van der Waals surface area contributed by atoms with Crippen LogP contribution in [0.4, 0.5) is 48.4 Å². The molecular weight excluding hydrogens is 347 g/mol. The van der Waals surface area contributed by atoms with Crippen LogP contribution in [0, 0.1) is 0 Å². The van der Waals surface area contributed by atoms with Gasteiger partial charge in [0.05, 0.1) is 6.10 Å². The van der Waals surface area contributed by atoms with E-state index < -0.39 is 47.0 Å². The Labute approximate surface area is 115 Å². The van der Waals surface area contributed by atoms with E-state index in [-0.39, 0.29) is 0 Å². The average molecular weight is 355 g/mol. The van der Waals surface area contributed by atoms with Crippen LogP contribution in [0.5, 0.6) is 0 Å². The van der Waals surface area contributed by atoms with Crippen LogP contribution in [0.3, 0.4) is 0 Å². The maximum absolute atomic E-state index is 13.5. The van der Waals surface area contributed by atoms with Crippen LogP contribution in [-0.4, -0.2) is 41.4 Å². The maximum Gasteiger partial charge on any atom is 0.384 e. The van der Waals surface area contributed by atoms with Gasteiger partial charge in [0.1, 0.15) is 0 Å². The van der Waals surface area contributed by atoms with E-state index in [0.717, 1.165) is 0 Å². The van der Waals surface area contributed by atoms with Gasteiger partial charge < -0.3 is 4.74 Å². The third-order valence-electron chi connectivity index (χ3n) is 3.01. The molecule has 0 spiro atoms. The second-order valence-electron chi connectivity index (χ2n) is 4.81. The average Bonchev–Trinajstić information content (AvgIpc) is 2.32. The van der Waals surface area contributed by atoms with Gasteiger partial charge in [0.25, 0.3) is 5.72 Å². The second kappa shape index (κ2) is 4.58. The minimum absolute atomic E-state index is 0.633. The highest BCUT2D eigenvalue weighted by Gasteiger charge is 3.01. The Morgan fingerprint density at radius 2 is 0.909 bits per heavy atom. The molecule has 0 amide bonds. The molecule has 132 valence electrons. The first-order valence-electron chi connectivity index (χ1n) is 5.42. The molecule has 1 fully saturated rings. The van der Waals surface area contributed by atoms with Crippen molar-refractivity contribution in [1.29, 1.82) is 0 Å². The van der Waals surface area contributed by atoms with Crippen molar-refractivity contribution in [2.45, 2.75) is 55.3 Å². The molecule has 22 heavy (non-hydrogen) atoms. The summed E-state index contributed by atoms with van der Waals surface area (Å²) in [6.45, 7) is 1.27. The van der Waals surface area contributed by atoms with Crippen LogP contribution < -0.4 is 5.54 Å². The predicted octanol–water partition coefficient (Wildman–Crippen LogP) is 3.77. The van der Waals surface area contributed by atoms with Gasteiger partial charge in [-0.25, -0.2) is 0 Å². The minimum atomic E-state index is -7.17. The molecule has 1 N–H and O–H groups in total. The first-order valence-corrected chi connectivity index (χ1v) is 5.42. The Morgan fingerprint density at radius 1 is 0.636 bits per heavy atom. The third-order valence-corrected chi connectivity index (χ3v) is 3.01. The molecule has 0 aliphatic heterocycles. The molecule has 0 saturated heterocycles. The molecule has 1 saturated carbocycles. The molecule has 13 heteroatoms. The molecule has 1 rings (SSSR count). The van der Waals surface area contributed by atoms with Crippen molar-refractivity contribution in [3.63, 3.8) is 0 Å². The van der Waals surface area contributed by atoms with Crippen molar-refractivity contribution in [3.05, 3.63) is 0 Å². The van der Waals surface area contributed by atoms with Crippen LogP contribution in [-0.2, 0) is 4.74 Å². The summed E-state index contributed by atoms with van der Waals surface area (Å²) in [5, 5.41) is 0. The maximum atomic E-state index is 13.5. The van der Waals surface area contributed by atoms with Crippen LogP contribution in [0.1, 0.15) is 13.8 Å². The first kappa shape index (κ1) is 19.2. The quantitative estimate of drug-likeness (QED) is 0.473. The molecule has 0 radical (unpaired) electrons. The van der Waals surface area contributed by atoms with Gasteiger partial charge in [0.2, 0.25) is 0 Å². The number of hydrogen-bond donors (Lipinski definition) is 1. The molecule has 2 nitrogen and oxygen atoms in total. The Balaban J connectivity index is 3.83. The molecule has 1 aliphatic carbocycles. The molecule has 0 aromatic carbocycles. The van der Waals surface area contributed by atoms with Gasteiger partial charge in [0.15, 0.2) is 0 Å². The van der Waals surface area contributed by atoms with Crippen LogP contribution >= 0.6 is 0 Å². The van der Waals surface area contributed by atoms with Gasteiger partial charge in [0, 0.05) is 0 Å². The molecule has 0 atom stereocenters. The Hall–Kier alpha value is -0.850. The number of alkyl halides is 10. The van der Waals surface area contributed by atoms with E-state index in [9.17, 15) is 48.4 Å². The normalized spacial score (nSPS) is 30.3. The highest BCUT2D eigenvalue weighted by molar-refractivity contribution is 5.25. The van der Waals surface area contributed by atoms with Gasteiger partial charge in [-0.2, -0.15) is 43.9 Å². The molecule has 0 aromatic rings. The van der Waals surface area contributed by atoms with Gasteiger partial charge in [-0.3, -0.25) is 0 Å². The molecule has 0 aromatic heterocycles. The third kappa shape index (κ3) is 1.69. The zero-order valence-electron chi connectivity index (χ0n) is 10.6. The largest absolute Gasteiger partial charge is 0.384 e. The van der Waals surface area contributed by atoms with E-state index in [1.165, 1.54) is 0 Å². The summed E-state index contributed by atoms with van der Waals surface area (Å²) >= 11 is 0. The number of ether oxygens (including phenoxy) is 1. The van der Waals surface area contributed by atoms with E-state index >= 15 is 0 Å². The second-order valence-corrected chi connectivity index (χ2v) is 4.81. The summed E-state index contributed by atoms with van der Waals surface area (Å²) in [5.41, 5.74) is -6.34. The molecular formula is C9H8F11NO. The summed E-state index contributed by atoms with van der Waals surface area (Å²) in [5.74, 6) is -34.7. The smallest absolute Gasteiger partial charge is 0.345 e.